The van der Waals surface area contributed by atoms with Crippen LogP contribution in [-0.4, -0.2) is 49.2 Å². The zero-order valence-corrected chi connectivity index (χ0v) is 12.4. The number of nitrogens with one attached hydrogen (secondary N) is 1. The van der Waals surface area contributed by atoms with Gasteiger partial charge in [-0.25, -0.2) is 4.39 Å². The van der Waals surface area contributed by atoms with E-state index in [1.54, 1.807) is 6.07 Å². The molecule has 0 heterocycles. The van der Waals surface area contributed by atoms with Gasteiger partial charge in [0.1, 0.15) is 5.82 Å². The van der Waals surface area contributed by atoms with Crippen LogP contribution in [-0.2, 0) is 0 Å². The molecule has 0 aliphatic carbocycles. The molecule has 0 fully saturated rings. The molecule has 0 saturated heterocycles. The summed E-state index contributed by atoms with van der Waals surface area (Å²) in [7, 11) is 1.96. The number of carbonyl (C=O) groups is 1. The smallest absolute Gasteiger partial charge is 0.251 e. The van der Waals surface area contributed by atoms with Crippen molar-refractivity contribution in [1.29, 1.82) is 0 Å². The molecule has 2 N–H and O–H groups in total. The second-order valence-corrected chi connectivity index (χ2v) is 4.62. The van der Waals surface area contributed by atoms with Crippen LogP contribution in [0.4, 0.5) is 4.39 Å². The average Bonchev–Trinajstić information content (AvgIpc) is 2.48. The molecule has 0 aromatic heterocycles. The molecule has 1 rings (SSSR count). The van der Waals surface area contributed by atoms with E-state index in [1.165, 1.54) is 12.1 Å². The lowest BCUT2D eigenvalue weighted by Crippen LogP contribution is -2.32. The van der Waals surface area contributed by atoms with Crippen LogP contribution in [0, 0.1) is 17.7 Å². The van der Waals surface area contributed by atoms with E-state index >= 15 is 0 Å². The van der Waals surface area contributed by atoms with E-state index in [9.17, 15) is 9.18 Å². The summed E-state index contributed by atoms with van der Waals surface area (Å²) in [5, 5.41) is 11.4. The highest BCUT2D eigenvalue weighted by molar-refractivity contribution is 5.94. The first-order valence-electron chi connectivity index (χ1n) is 6.94. The fraction of sp³-hybridized carbons (Fsp3) is 0.438. The molecule has 0 radical (unpaired) electrons. The molecular formula is C16H21FN2O2. The third-order valence-electron chi connectivity index (χ3n) is 3.01. The number of rotatable bonds is 6. The van der Waals surface area contributed by atoms with Crippen molar-refractivity contribution in [2.75, 3.05) is 33.3 Å². The number of carbonyl (C=O) groups excluding carboxylic acids is 1. The molecule has 0 bridgehead atoms. The van der Waals surface area contributed by atoms with E-state index in [0.29, 0.717) is 13.0 Å². The number of likely N-dealkylation sites (N-methyl/N-ethyl adjacent to an activating group) is 1. The lowest BCUT2D eigenvalue weighted by molar-refractivity contribution is 0.0949. The van der Waals surface area contributed by atoms with Crippen molar-refractivity contribution in [2.24, 2.45) is 0 Å². The summed E-state index contributed by atoms with van der Waals surface area (Å²) in [5.74, 6) is 4.44. The maximum atomic E-state index is 13.8. The number of hydrogen-bond donors (Lipinski definition) is 2. The van der Waals surface area contributed by atoms with Gasteiger partial charge in [0.05, 0.1) is 12.2 Å². The van der Waals surface area contributed by atoms with E-state index in [-0.39, 0.29) is 23.6 Å². The first-order chi connectivity index (χ1) is 10.1. The lowest BCUT2D eigenvalue weighted by Gasteiger charge is -2.14. The minimum Gasteiger partial charge on any atom is -0.395 e. The summed E-state index contributed by atoms with van der Waals surface area (Å²) in [6.07, 6.45) is 0.298. The van der Waals surface area contributed by atoms with Crippen LogP contribution in [0.2, 0.25) is 0 Å². The van der Waals surface area contributed by atoms with E-state index in [1.807, 2.05) is 14.0 Å². The van der Waals surface area contributed by atoms with Crippen molar-refractivity contribution in [3.63, 3.8) is 0 Å². The van der Waals surface area contributed by atoms with Gasteiger partial charge in [-0.15, -0.1) is 0 Å². The van der Waals surface area contributed by atoms with Crippen molar-refractivity contribution in [3.8, 4) is 11.8 Å². The standard InChI is InChI=1S/C16H21FN2O2/c1-3-19(2)10-9-18-16(21)14-8-7-13(15(17)12-14)6-4-5-11-20/h7-8,12,20H,3,5,9-11H2,1-2H3,(H,18,21). The zero-order chi connectivity index (χ0) is 15.7. The van der Waals surface area contributed by atoms with Crippen molar-refractivity contribution in [2.45, 2.75) is 13.3 Å². The van der Waals surface area contributed by atoms with Gasteiger partial charge in [0.15, 0.2) is 0 Å². The zero-order valence-electron chi connectivity index (χ0n) is 12.4. The number of aliphatic hydroxyl groups is 1. The maximum Gasteiger partial charge on any atom is 0.251 e. The molecule has 1 aromatic rings. The molecule has 5 heteroatoms. The molecule has 1 aromatic carbocycles. The Kier molecular flexibility index (Phi) is 7.44. The Balaban J connectivity index is 2.62. The van der Waals surface area contributed by atoms with Gasteiger partial charge in [-0.1, -0.05) is 18.8 Å². The molecular weight excluding hydrogens is 271 g/mol. The largest absolute Gasteiger partial charge is 0.395 e. The van der Waals surface area contributed by atoms with Crippen LogP contribution in [0.1, 0.15) is 29.3 Å². The third-order valence-corrected chi connectivity index (χ3v) is 3.01. The number of benzene rings is 1. The molecule has 0 unspecified atom stereocenters. The van der Waals surface area contributed by atoms with Crippen molar-refractivity contribution >= 4 is 5.91 Å². The fourth-order valence-corrected chi connectivity index (χ4v) is 1.59. The SMILES string of the molecule is CCN(C)CCNC(=O)c1ccc(C#CCCO)c(F)c1. The van der Waals surface area contributed by atoms with Crippen LogP contribution in [0.25, 0.3) is 0 Å². The van der Waals surface area contributed by atoms with Gasteiger partial charge < -0.3 is 15.3 Å². The molecule has 4 nitrogen and oxygen atoms in total. The Morgan fingerprint density at radius 2 is 2.24 bits per heavy atom. The quantitative estimate of drug-likeness (QED) is 0.776. The van der Waals surface area contributed by atoms with Crippen LogP contribution in [0.5, 0.6) is 0 Å². The number of amides is 1. The Morgan fingerprint density at radius 3 is 2.86 bits per heavy atom. The number of aliphatic hydroxyl groups excluding tert-OH is 1. The summed E-state index contributed by atoms with van der Waals surface area (Å²) in [6.45, 7) is 4.15. The first-order valence-corrected chi connectivity index (χ1v) is 6.94. The molecule has 0 spiro atoms. The Hall–Kier alpha value is -1.90. The summed E-state index contributed by atoms with van der Waals surface area (Å²) < 4.78 is 13.8. The minimum absolute atomic E-state index is 0.0543. The molecule has 1 amide bonds. The maximum absolute atomic E-state index is 13.8. The summed E-state index contributed by atoms with van der Waals surface area (Å²) in [5.41, 5.74) is 0.505. The van der Waals surface area contributed by atoms with Gasteiger partial charge in [0.2, 0.25) is 0 Å². The molecule has 0 aliphatic rings. The van der Waals surface area contributed by atoms with Gasteiger partial charge >= 0.3 is 0 Å². The van der Waals surface area contributed by atoms with Crippen LogP contribution in [0.3, 0.4) is 0 Å². The third kappa shape index (κ3) is 5.94. The van der Waals surface area contributed by atoms with Gasteiger partial charge in [-0.2, -0.15) is 0 Å². The molecule has 114 valence electrons. The van der Waals surface area contributed by atoms with Gasteiger partial charge in [-0.3, -0.25) is 4.79 Å². The predicted molar refractivity (Wildman–Crippen MR) is 80.5 cm³/mol. The Morgan fingerprint density at radius 1 is 1.48 bits per heavy atom. The summed E-state index contributed by atoms with van der Waals surface area (Å²) in [4.78, 5) is 13.9. The second kappa shape index (κ2) is 9.11. The Labute approximate surface area is 125 Å². The second-order valence-electron chi connectivity index (χ2n) is 4.62. The summed E-state index contributed by atoms with van der Waals surface area (Å²) in [6, 6.07) is 4.21. The Bertz CT molecular complexity index is 535. The van der Waals surface area contributed by atoms with E-state index in [0.717, 1.165) is 13.1 Å². The van der Waals surface area contributed by atoms with E-state index < -0.39 is 5.82 Å². The average molecular weight is 292 g/mol. The van der Waals surface area contributed by atoms with Crippen LogP contribution < -0.4 is 5.32 Å². The predicted octanol–water partition coefficient (Wildman–Crippen LogP) is 1.24. The highest BCUT2D eigenvalue weighted by Gasteiger charge is 2.08. The van der Waals surface area contributed by atoms with E-state index in [2.05, 4.69) is 22.1 Å². The van der Waals surface area contributed by atoms with E-state index in [4.69, 9.17) is 5.11 Å². The van der Waals surface area contributed by atoms with Gasteiger partial charge in [0.25, 0.3) is 5.91 Å². The molecule has 0 atom stereocenters. The van der Waals surface area contributed by atoms with Gasteiger partial charge in [0, 0.05) is 25.1 Å². The topological polar surface area (TPSA) is 52.6 Å². The highest BCUT2D eigenvalue weighted by atomic mass is 19.1. The van der Waals surface area contributed by atoms with Crippen molar-refractivity contribution in [1.82, 2.24) is 10.2 Å². The number of halogens is 1. The molecule has 0 aliphatic heterocycles. The summed E-state index contributed by atoms with van der Waals surface area (Å²) >= 11 is 0. The molecule has 21 heavy (non-hydrogen) atoms. The van der Waals surface area contributed by atoms with Crippen LogP contribution in [0.15, 0.2) is 18.2 Å². The number of hydrogen-bond acceptors (Lipinski definition) is 3. The normalized spacial score (nSPS) is 10.1. The monoisotopic (exact) mass is 292 g/mol. The minimum atomic E-state index is -0.529. The lowest BCUT2D eigenvalue weighted by atomic mass is 10.1. The van der Waals surface area contributed by atoms with Crippen molar-refractivity contribution < 1.29 is 14.3 Å². The van der Waals surface area contributed by atoms with Crippen LogP contribution >= 0.6 is 0 Å². The highest BCUT2D eigenvalue weighted by Crippen LogP contribution is 2.09. The number of nitrogens with zero attached hydrogens (tertiary/aromatic N) is 1. The van der Waals surface area contributed by atoms with Crippen molar-refractivity contribution in [3.05, 3.63) is 35.1 Å². The first kappa shape index (κ1) is 17.2. The molecule has 0 saturated carbocycles. The fourth-order valence-electron chi connectivity index (χ4n) is 1.59. The van der Waals surface area contributed by atoms with Gasteiger partial charge in [-0.05, 0) is 31.8 Å².